The third-order valence-electron chi connectivity index (χ3n) is 2.87. The van der Waals surface area contributed by atoms with E-state index in [1.807, 2.05) is 6.92 Å². The zero-order valence-electron chi connectivity index (χ0n) is 9.31. The molecular formula is C10H18N4O. The molecule has 1 aromatic heterocycles. The standard InChI is InChI=1S/C10H18N4O/c1-3-4-14-7(2)12-13-10(14)8-5-15-6-9(8)11/h8-9H,3-6,11H2,1-2H3. The van der Waals surface area contributed by atoms with Crippen LogP contribution in [0.5, 0.6) is 0 Å². The van der Waals surface area contributed by atoms with Crippen LogP contribution < -0.4 is 5.73 Å². The van der Waals surface area contributed by atoms with Crippen molar-refractivity contribution < 1.29 is 4.74 Å². The molecule has 0 amide bonds. The predicted octanol–water partition coefficient (Wildman–Crippen LogP) is 0.438. The molecule has 1 saturated heterocycles. The van der Waals surface area contributed by atoms with E-state index in [0.29, 0.717) is 13.2 Å². The largest absolute Gasteiger partial charge is 0.379 e. The third-order valence-corrected chi connectivity index (χ3v) is 2.87. The van der Waals surface area contributed by atoms with Crippen molar-refractivity contribution in [2.45, 2.75) is 38.8 Å². The van der Waals surface area contributed by atoms with E-state index in [2.05, 4.69) is 21.7 Å². The molecular weight excluding hydrogens is 192 g/mol. The first-order valence-corrected chi connectivity index (χ1v) is 5.47. The first-order chi connectivity index (χ1) is 7.24. The van der Waals surface area contributed by atoms with Crippen molar-refractivity contribution in [3.63, 3.8) is 0 Å². The van der Waals surface area contributed by atoms with Gasteiger partial charge in [-0.1, -0.05) is 6.92 Å². The highest BCUT2D eigenvalue weighted by Crippen LogP contribution is 2.23. The lowest BCUT2D eigenvalue weighted by atomic mass is 10.0. The fraction of sp³-hybridized carbons (Fsp3) is 0.800. The van der Waals surface area contributed by atoms with Crippen molar-refractivity contribution in [2.24, 2.45) is 5.73 Å². The average molecular weight is 210 g/mol. The molecule has 2 rings (SSSR count). The van der Waals surface area contributed by atoms with Gasteiger partial charge in [0.25, 0.3) is 0 Å². The molecule has 0 radical (unpaired) electrons. The lowest BCUT2D eigenvalue weighted by Crippen LogP contribution is -2.29. The molecule has 1 aromatic rings. The molecule has 84 valence electrons. The summed E-state index contributed by atoms with van der Waals surface area (Å²) in [5.41, 5.74) is 5.98. The van der Waals surface area contributed by atoms with E-state index < -0.39 is 0 Å². The SMILES string of the molecule is CCCn1c(C)nnc1C1COCC1N. The maximum absolute atomic E-state index is 5.98. The summed E-state index contributed by atoms with van der Waals surface area (Å²) >= 11 is 0. The molecule has 0 saturated carbocycles. The van der Waals surface area contributed by atoms with Gasteiger partial charge in [-0.2, -0.15) is 0 Å². The van der Waals surface area contributed by atoms with Crippen molar-refractivity contribution in [2.75, 3.05) is 13.2 Å². The highest BCUT2D eigenvalue weighted by molar-refractivity contribution is 5.07. The van der Waals surface area contributed by atoms with Gasteiger partial charge in [0.05, 0.1) is 19.1 Å². The lowest BCUT2D eigenvalue weighted by Gasteiger charge is -2.14. The lowest BCUT2D eigenvalue weighted by molar-refractivity contribution is 0.190. The number of ether oxygens (including phenoxy) is 1. The van der Waals surface area contributed by atoms with Gasteiger partial charge in [-0.3, -0.25) is 0 Å². The van der Waals surface area contributed by atoms with Crippen LogP contribution in [0.2, 0.25) is 0 Å². The van der Waals surface area contributed by atoms with Gasteiger partial charge in [0.2, 0.25) is 0 Å². The summed E-state index contributed by atoms with van der Waals surface area (Å²) in [7, 11) is 0. The fourth-order valence-corrected chi connectivity index (χ4v) is 2.01. The summed E-state index contributed by atoms with van der Waals surface area (Å²) in [6, 6.07) is 0.0595. The van der Waals surface area contributed by atoms with Gasteiger partial charge in [-0.05, 0) is 13.3 Å². The fourth-order valence-electron chi connectivity index (χ4n) is 2.01. The highest BCUT2D eigenvalue weighted by atomic mass is 16.5. The molecule has 1 aliphatic rings. The molecule has 0 bridgehead atoms. The summed E-state index contributed by atoms with van der Waals surface area (Å²) in [6.07, 6.45) is 1.08. The van der Waals surface area contributed by atoms with E-state index >= 15 is 0 Å². The van der Waals surface area contributed by atoms with Gasteiger partial charge in [0.1, 0.15) is 11.6 Å². The maximum Gasteiger partial charge on any atom is 0.140 e. The second kappa shape index (κ2) is 4.28. The zero-order chi connectivity index (χ0) is 10.8. The Morgan fingerprint density at radius 1 is 1.47 bits per heavy atom. The van der Waals surface area contributed by atoms with E-state index in [9.17, 15) is 0 Å². The Bertz CT molecular complexity index is 336. The maximum atomic E-state index is 5.98. The van der Waals surface area contributed by atoms with Crippen molar-refractivity contribution in [3.8, 4) is 0 Å². The molecule has 5 heteroatoms. The van der Waals surface area contributed by atoms with Gasteiger partial charge in [0.15, 0.2) is 0 Å². The van der Waals surface area contributed by atoms with Crippen LogP contribution in [0.25, 0.3) is 0 Å². The number of hydrogen-bond donors (Lipinski definition) is 1. The van der Waals surface area contributed by atoms with Crippen LogP contribution >= 0.6 is 0 Å². The molecule has 2 heterocycles. The van der Waals surface area contributed by atoms with E-state index in [-0.39, 0.29) is 12.0 Å². The van der Waals surface area contributed by atoms with Gasteiger partial charge in [-0.15, -0.1) is 10.2 Å². The summed E-state index contributed by atoms with van der Waals surface area (Å²) in [5.74, 6) is 2.16. The first-order valence-electron chi connectivity index (χ1n) is 5.47. The number of hydrogen-bond acceptors (Lipinski definition) is 4. The van der Waals surface area contributed by atoms with Crippen LogP contribution in [0, 0.1) is 6.92 Å². The number of aromatic nitrogens is 3. The smallest absolute Gasteiger partial charge is 0.140 e. The van der Waals surface area contributed by atoms with Crippen molar-refractivity contribution >= 4 is 0 Å². The van der Waals surface area contributed by atoms with Crippen molar-refractivity contribution in [1.29, 1.82) is 0 Å². The number of nitrogens with zero attached hydrogens (tertiary/aromatic N) is 3. The van der Waals surface area contributed by atoms with Crippen molar-refractivity contribution in [1.82, 2.24) is 14.8 Å². The minimum Gasteiger partial charge on any atom is -0.379 e. The molecule has 1 fully saturated rings. The molecule has 5 nitrogen and oxygen atoms in total. The minimum absolute atomic E-state index is 0.0595. The van der Waals surface area contributed by atoms with Crippen LogP contribution in [0.15, 0.2) is 0 Å². The molecule has 0 aromatic carbocycles. The second-order valence-electron chi connectivity index (χ2n) is 4.06. The summed E-state index contributed by atoms with van der Waals surface area (Å²) in [4.78, 5) is 0. The minimum atomic E-state index is 0.0595. The summed E-state index contributed by atoms with van der Waals surface area (Å²) < 4.78 is 7.51. The van der Waals surface area contributed by atoms with Gasteiger partial charge in [0, 0.05) is 12.6 Å². The Morgan fingerprint density at radius 2 is 2.27 bits per heavy atom. The molecule has 2 unspecified atom stereocenters. The Morgan fingerprint density at radius 3 is 2.87 bits per heavy atom. The van der Waals surface area contributed by atoms with E-state index in [1.54, 1.807) is 0 Å². The molecule has 0 spiro atoms. The van der Waals surface area contributed by atoms with Gasteiger partial charge >= 0.3 is 0 Å². The highest BCUT2D eigenvalue weighted by Gasteiger charge is 2.30. The average Bonchev–Trinajstić information content (AvgIpc) is 2.76. The molecule has 1 aliphatic heterocycles. The Kier molecular flexibility index (Phi) is 3.02. The van der Waals surface area contributed by atoms with E-state index in [1.165, 1.54) is 0 Å². The monoisotopic (exact) mass is 210 g/mol. The Balaban J connectivity index is 2.26. The van der Waals surface area contributed by atoms with E-state index in [4.69, 9.17) is 10.5 Å². The third kappa shape index (κ3) is 1.89. The predicted molar refractivity (Wildman–Crippen MR) is 56.6 cm³/mol. The van der Waals surface area contributed by atoms with Crippen LogP contribution in [0.1, 0.15) is 30.9 Å². The molecule has 15 heavy (non-hydrogen) atoms. The van der Waals surface area contributed by atoms with Crippen LogP contribution in [0.3, 0.4) is 0 Å². The summed E-state index contributed by atoms with van der Waals surface area (Å²) in [6.45, 7) is 6.38. The number of aryl methyl sites for hydroxylation is 1. The van der Waals surface area contributed by atoms with Crippen LogP contribution in [-0.4, -0.2) is 34.0 Å². The topological polar surface area (TPSA) is 66.0 Å². The van der Waals surface area contributed by atoms with E-state index in [0.717, 1.165) is 24.6 Å². The Labute approximate surface area is 89.6 Å². The quantitative estimate of drug-likeness (QED) is 0.786. The van der Waals surface area contributed by atoms with Crippen LogP contribution in [0.4, 0.5) is 0 Å². The molecule has 0 aliphatic carbocycles. The van der Waals surface area contributed by atoms with Crippen LogP contribution in [-0.2, 0) is 11.3 Å². The van der Waals surface area contributed by atoms with Crippen molar-refractivity contribution in [3.05, 3.63) is 11.6 Å². The second-order valence-corrected chi connectivity index (χ2v) is 4.06. The summed E-state index contributed by atoms with van der Waals surface area (Å²) in [5, 5.41) is 8.34. The Hall–Kier alpha value is -0.940. The number of nitrogens with two attached hydrogens (primary N) is 1. The number of rotatable bonds is 3. The normalized spacial score (nSPS) is 26.1. The zero-order valence-corrected chi connectivity index (χ0v) is 9.31. The molecule has 2 atom stereocenters. The van der Waals surface area contributed by atoms with Gasteiger partial charge in [-0.25, -0.2) is 0 Å². The first kappa shape index (κ1) is 10.6. The molecule has 2 N–H and O–H groups in total. The van der Waals surface area contributed by atoms with Gasteiger partial charge < -0.3 is 15.0 Å².